The Balaban J connectivity index is 2.31. The third-order valence-corrected chi connectivity index (χ3v) is 2.68. The van der Waals surface area contributed by atoms with E-state index in [1.165, 1.54) is 10.7 Å². The van der Waals surface area contributed by atoms with Gasteiger partial charge in [0, 0.05) is 18.3 Å². The lowest BCUT2D eigenvalue weighted by atomic mass is 10.4. The highest BCUT2D eigenvalue weighted by Crippen LogP contribution is 2.09. The number of hydrogen-bond donors (Lipinski definition) is 1. The molecule has 1 aromatic rings. The molecule has 1 aromatic heterocycles. The lowest BCUT2D eigenvalue weighted by molar-refractivity contribution is 0.713. The predicted molar refractivity (Wildman–Crippen MR) is 53.7 cm³/mol. The lowest BCUT2D eigenvalue weighted by Gasteiger charge is -1.96. The maximum atomic E-state index is 4.48. The molecule has 0 aliphatic rings. The summed E-state index contributed by atoms with van der Waals surface area (Å²) >= 11 is 1.77. The molecule has 2 nitrogen and oxygen atoms in total. The molecule has 0 saturated heterocycles. The van der Waals surface area contributed by atoms with E-state index in [9.17, 15) is 0 Å². The number of hydrogen-bond acceptors (Lipinski definition) is 3. The van der Waals surface area contributed by atoms with E-state index < -0.39 is 0 Å². The number of likely N-dealkylation sites (N-methyl/N-ethyl adjacent to an activating group) is 1. The minimum Gasteiger partial charge on any atom is -0.317 e. The summed E-state index contributed by atoms with van der Waals surface area (Å²) in [6.45, 7) is 6.36. The third kappa shape index (κ3) is 2.91. The molecule has 0 atom stereocenters. The Hall–Kier alpha value is -0.410. The van der Waals surface area contributed by atoms with E-state index in [0.29, 0.717) is 0 Å². The topological polar surface area (TPSA) is 24.9 Å². The number of aromatic nitrogens is 1. The highest BCUT2D eigenvalue weighted by atomic mass is 32.1. The highest BCUT2D eigenvalue weighted by Gasteiger charge is 1.98. The van der Waals surface area contributed by atoms with E-state index in [1.807, 2.05) is 0 Å². The van der Waals surface area contributed by atoms with Crippen molar-refractivity contribution < 1.29 is 0 Å². The van der Waals surface area contributed by atoms with Gasteiger partial charge in [0.05, 0.1) is 10.7 Å². The summed E-state index contributed by atoms with van der Waals surface area (Å²) in [4.78, 5) is 4.48. The van der Waals surface area contributed by atoms with Gasteiger partial charge in [-0.15, -0.1) is 11.3 Å². The van der Waals surface area contributed by atoms with Crippen LogP contribution < -0.4 is 5.32 Å². The van der Waals surface area contributed by atoms with E-state index in [-0.39, 0.29) is 0 Å². The van der Waals surface area contributed by atoms with Gasteiger partial charge in [0.15, 0.2) is 0 Å². The molecule has 0 spiro atoms. The van der Waals surface area contributed by atoms with E-state index >= 15 is 0 Å². The van der Waals surface area contributed by atoms with Crippen molar-refractivity contribution in [2.24, 2.45) is 0 Å². The molecule has 0 amide bonds. The van der Waals surface area contributed by atoms with Gasteiger partial charge in [-0.1, -0.05) is 13.8 Å². The van der Waals surface area contributed by atoms with Crippen LogP contribution in [-0.4, -0.2) is 18.1 Å². The summed E-state index contributed by atoms with van der Waals surface area (Å²) in [5, 5.41) is 6.70. The van der Waals surface area contributed by atoms with Gasteiger partial charge < -0.3 is 5.32 Å². The Bertz CT molecular complexity index is 220. The van der Waals surface area contributed by atoms with E-state index in [4.69, 9.17) is 0 Å². The van der Waals surface area contributed by atoms with Crippen molar-refractivity contribution in [3.05, 3.63) is 16.1 Å². The van der Waals surface area contributed by atoms with Crippen molar-refractivity contribution in [2.75, 3.05) is 13.1 Å². The molecule has 1 heterocycles. The van der Waals surface area contributed by atoms with Crippen LogP contribution in [0.15, 0.2) is 5.38 Å². The minimum absolute atomic E-state index is 1.05. The summed E-state index contributed by atoms with van der Waals surface area (Å²) in [6.07, 6.45) is 2.12. The van der Waals surface area contributed by atoms with Crippen LogP contribution in [0.5, 0.6) is 0 Å². The van der Waals surface area contributed by atoms with Gasteiger partial charge in [-0.05, 0) is 13.0 Å². The van der Waals surface area contributed by atoms with Gasteiger partial charge in [-0.3, -0.25) is 0 Å². The van der Waals surface area contributed by atoms with Gasteiger partial charge in [-0.2, -0.15) is 0 Å². The maximum absolute atomic E-state index is 4.48. The molecule has 12 heavy (non-hydrogen) atoms. The van der Waals surface area contributed by atoms with Gasteiger partial charge in [0.1, 0.15) is 0 Å². The van der Waals surface area contributed by atoms with Crippen molar-refractivity contribution in [1.29, 1.82) is 0 Å². The van der Waals surface area contributed by atoms with Crippen LogP contribution in [0.1, 0.15) is 24.5 Å². The van der Waals surface area contributed by atoms with E-state index in [2.05, 4.69) is 29.5 Å². The van der Waals surface area contributed by atoms with Crippen LogP contribution in [0.4, 0.5) is 0 Å². The molecule has 68 valence electrons. The van der Waals surface area contributed by atoms with Crippen molar-refractivity contribution in [3.8, 4) is 0 Å². The van der Waals surface area contributed by atoms with E-state index in [0.717, 1.165) is 25.9 Å². The van der Waals surface area contributed by atoms with Crippen LogP contribution in [-0.2, 0) is 12.8 Å². The molecule has 1 N–H and O–H groups in total. The normalized spacial score (nSPS) is 10.5. The second kappa shape index (κ2) is 5.27. The molecule has 0 unspecified atom stereocenters. The summed E-state index contributed by atoms with van der Waals surface area (Å²) in [7, 11) is 0. The lowest BCUT2D eigenvalue weighted by Crippen LogP contribution is -2.15. The monoisotopic (exact) mass is 184 g/mol. The summed E-state index contributed by atoms with van der Waals surface area (Å²) < 4.78 is 0. The second-order valence-electron chi connectivity index (χ2n) is 2.69. The molecule has 0 saturated carbocycles. The Morgan fingerprint density at radius 3 is 2.92 bits per heavy atom. The Morgan fingerprint density at radius 2 is 2.33 bits per heavy atom. The molecule has 1 rings (SSSR count). The first kappa shape index (κ1) is 9.68. The number of nitrogens with one attached hydrogen (secondary N) is 1. The van der Waals surface area contributed by atoms with Gasteiger partial charge >= 0.3 is 0 Å². The zero-order chi connectivity index (χ0) is 8.81. The van der Waals surface area contributed by atoms with Gasteiger partial charge in [-0.25, -0.2) is 4.98 Å². The summed E-state index contributed by atoms with van der Waals surface area (Å²) in [5.41, 5.74) is 1.23. The van der Waals surface area contributed by atoms with Gasteiger partial charge in [0.25, 0.3) is 0 Å². The van der Waals surface area contributed by atoms with Crippen LogP contribution in [0, 0.1) is 0 Å². The van der Waals surface area contributed by atoms with E-state index in [1.54, 1.807) is 11.3 Å². The standard InChI is InChI=1S/C9H16N2S/c1-3-8-7-12-9(11-8)5-6-10-4-2/h7,10H,3-6H2,1-2H3. The fraction of sp³-hybridized carbons (Fsp3) is 0.667. The average molecular weight is 184 g/mol. The number of aryl methyl sites for hydroxylation is 1. The molecule has 0 aromatic carbocycles. The molecule has 0 radical (unpaired) electrons. The third-order valence-electron chi connectivity index (χ3n) is 1.73. The molecular weight excluding hydrogens is 168 g/mol. The number of thiazole rings is 1. The SMILES string of the molecule is CCNCCc1nc(CC)cs1. The fourth-order valence-electron chi connectivity index (χ4n) is 0.998. The average Bonchev–Trinajstić information content (AvgIpc) is 2.53. The molecular formula is C9H16N2S. The van der Waals surface area contributed by atoms with Crippen LogP contribution in [0.25, 0.3) is 0 Å². The van der Waals surface area contributed by atoms with Crippen molar-refractivity contribution in [3.63, 3.8) is 0 Å². The predicted octanol–water partition coefficient (Wildman–Crippen LogP) is 1.86. The van der Waals surface area contributed by atoms with Crippen LogP contribution in [0.3, 0.4) is 0 Å². The van der Waals surface area contributed by atoms with Gasteiger partial charge in [0.2, 0.25) is 0 Å². The zero-order valence-corrected chi connectivity index (χ0v) is 8.58. The molecule has 0 bridgehead atoms. The summed E-state index contributed by atoms with van der Waals surface area (Å²) in [5.74, 6) is 0. The smallest absolute Gasteiger partial charge is 0.0940 e. The Labute approximate surface area is 78.0 Å². The molecule has 0 aliphatic heterocycles. The molecule has 0 aliphatic carbocycles. The molecule has 3 heteroatoms. The first-order valence-corrected chi connectivity index (χ1v) is 5.38. The zero-order valence-electron chi connectivity index (χ0n) is 7.76. The quantitative estimate of drug-likeness (QED) is 0.706. The van der Waals surface area contributed by atoms with Crippen LogP contribution >= 0.6 is 11.3 Å². The van der Waals surface area contributed by atoms with Crippen molar-refractivity contribution >= 4 is 11.3 Å². The highest BCUT2D eigenvalue weighted by molar-refractivity contribution is 7.09. The largest absolute Gasteiger partial charge is 0.317 e. The number of rotatable bonds is 5. The molecule has 0 fully saturated rings. The number of nitrogens with zero attached hydrogens (tertiary/aromatic N) is 1. The Kier molecular flexibility index (Phi) is 4.25. The van der Waals surface area contributed by atoms with Crippen LogP contribution in [0.2, 0.25) is 0 Å². The minimum atomic E-state index is 1.05. The first-order chi connectivity index (χ1) is 5.86. The van der Waals surface area contributed by atoms with Crippen molar-refractivity contribution in [1.82, 2.24) is 10.3 Å². The second-order valence-corrected chi connectivity index (χ2v) is 3.63. The van der Waals surface area contributed by atoms with Crippen molar-refractivity contribution in [2.45, 2.75) is 26.7 Å². The maximum Gasteiger partial charge on any atom is 0.0940 e. The fourth-order valence-corrected chi connectivity index (χ4v) is 1.88. The summed E-state index contributed by atoms with van der Waals surface area (Å²) in [6, 6.07) is 0. The Morgan fingerprint density at radius 1 is 1.50 bits per heavy atom. The first-order valence-electron chi connectivity index (χ1n) is 4.50.